The molecular weight excluding hydrogens is 265 g/mol. The summed E-state index contributed by atoms with van der Waals surface area (Å²) in [5.74, 6) is -1.10. The van der Waals surface area contributed by atoms with Crippen LogP contribution in [0.1, 0.15) is 24.5 Å². The molecule has 0 bridgehead atoms. The number of esters is 1. The van der Waals surface area contributed by atoms with E-state index in [0.29, 0.717) is 11.3 Å². The second-order valence-corrected chi connectivity index (χ2v) is 4.88. The number of hydrogen-bond donors (Lipinski definition) is 1. The molecule has 0 fully saturated rings. The molecule has 0 saturated carbocycles. The maximum atomic E-state index is 13.4. The van der Waals surface area contributed by atoms with E-state index in [1.807, 2.05) is 0 Å². The minimum atomic E-state index is -1.57. The molecule has 0 aliphatic carbocycles. The van der Waals surface area contributed by atoms with Crippen LogP contribution in [0.15, 0.2) is 23.4 Å². The van der Waals surface area contributed by atoms with Gasteiger partial charge in [0.15, 0.2) is 0 Å². The van der Waals surface area contributed by atoms with E-state index in [4.69, 9.17) is 4.84 Å². The van der Waals surface area contributed by atoms with Crippen molar-refractivity contribution in [2.24, 2.45) is 5.16 Å². The number of methoxy groups -OCH3 is 1. The summed E-state index contributed by atoms with van der Waals surface area (Å²) >= 11 is 0. The molecule has 1 heterocycles. The monoisotopic (exact) mass is 281 g/mol. The zero-order valence-electron chi connectivity index (χ0n) is 11.5. The second kappa shape index (κ2) is 5.20. The van der Waals surface area contributed by atoms with Gasteiger partial charge in [-0.05, 0) is 37.6 Å². The summed E-state index contributed by atoms with van der Waals surface area (Å²) in [5, 5.41) is 13.6. The summed E-state index contributed by atoms with van der Waals surface area (Å²) in [5.41, 5.74) is 0.0905. The second-order valence-electron chi connectivity index (χ2n) is 4.88. The quantitative estimate of drug-likeness (QED) is 0.854. The fourth-order valence-corrected chi connectivity index (χ4v) is 2.18. The first kappa shape index (κ1) is 14.5. The SMILES string of the molecule is COC(=O)C1(C(C)O)CC(c2cc(C)cc(F)c2)=NO1. The molecule has 1 aromatic rings. The summed E-state index contributed by atoms with van der Waals surface area (Å²) < 4.78 is 18.1. The van der Waals surface area contributed by atoms with Gasteiger partial charge in [0.25, 0.3) is 5.60 Å². The molecule has 0 amide bonds. The van der Waals surface area contributed by atoms with E-state index in [0.717, 1.165) is 5.56 Å². The van der Waals surface area contributed by atoms with Gasteiger partial charge in [0, 0.05) is 5.56 Å². The largest absolute Gasteiger partial charge is 0.466 e. The highest BCUT2D eigenvalue weighted by molar-refractivity contribution is 6.05. The van der Waals surface area contributed by atoms with Gasteiger partial charge >= 0.3 is 5.97 Å². The normalized spacial score (nSPS) is 22.9. The van der Waals surface area contributed by atoms with E-state index < -0.39 is 23.5 Å². The van der Waals surface area contributed by atoms with Crippen molar-refractivity contribution in [2.75, 3.05) is 7.11 Å². The van der Waals surface area contributed by atoms with Crippen LogP contribution in [-0.4, -0.2) is 35.6 Å². The Bertz CT molecular complexity index is 550. The van der Waals surface area contributed by atoms with E-state index >= 15 is 0 Å². The van der Waals surface area contributed by atoms with Gasteiger partial charge in [-0.15, -0.1) is 0 Å². The summed E-state index contributed by atoms with van der Waals surface area (Å²) in [6.45, 7) is 3.18. The van der Waals surface area contributed by atoms with Gasteiger partial charge in [-0.25, -0.2) is 9.18 Å². The molecule has 5 nitrogen and oxygen atoms in total. The predicted molar refractivity (Wildman–Crippen MR) is 69.8 cm³/mol. The average Bonchev–Trinajstić information content (AvgIpc) is 2.83. The number of carbonyl (C=O) groups excluding carboxylic acids is 1. The number of nitrogens with zero attached hydrogens (tertiary/aromatic N) is 1. The Morgan fingerprint density at radius 2 is 2.25 bits per heavy atom. The summed E-state index contributed by atoms with van der Waals surface area (Å²) in [4.78, 5) is 17.0. The molecule has 108 valence electrons. The Morgan fingerprint density at radius 1 is 1.55 bits per heavy atom. The minimum absolute atomic E-state index is 0.0280. The molecule has 0 radical (unpaired) electrons. The number of carbonyl (C=O) groups is 1. The van der Waals surface area contributed by atoms with E-state index in [-0.39, 0.29) is 6.42 Å². The van der Waals surface area contributed by atoms with Gasteiger partial charge in [-0.2, -0.15) is 0 Å². The number of benzene rings is 1. The van der Waals surface area contributed by atoms with Crippen molar-refractivity contribution in [3.05, 3.63) is 35.1 Å². The fraction of sp³-hybridized carbons (Fsp3) is 0.429. The van der Waals surface area contributed by atoms with E-state index in [2.05, 4.69) is 9.89 Å². The topological polar surface area (TPSA) is 68.1 Å². The molecule has 1 aliphatic heterocycles. The molecule has 2 atom stereocenters. The molecule has 6 heteroatoms. The zero-order valence-corrected chi connectivity index (χ0v) is 11.5. The Balaban J connectivity index is 2.32. The summed E-state index contributed by atoms with van der Waals surface area (Å²) in [7, 11) is 1.21. The number of hydrogen-bond acceptors (Lipinski definition) is 5. The average molecular weight is 281 g/mol. The molecule has 1 N–H and O–H groups in total. The van der Waals surface area contributed by atoms with Gasteiger partial charge in [-0.3, -0.25) is 0 Å². The van der Waals surface area contributed by atoms with Gasteiger partial charge in [0.2, 0.25) is 0 Å². The lowest BCUT2D eigenvalue weighted by Crippen LogP contribution is -2.49. The predicted octanol–water partition coefficient (Wildman–Crippen LogP) is 1.55. The molecule has 20 heavy (non-hydrogen) atoms. The van der Waals surface area contributed by atoms with Crippen LogP contribution in [0.25, 0.3) is 0 Å². The van der Waals surface area contributed by atoms with Crippen molar-refractivity contribution in [2.45, 2.75) is 32.0 Å². The van der Waals surface area contributed by atoms with Crippen molar-refractivity contribution in [1.29, 1.82) is 0 Å². The molecule has 2 unspecified atom stereocenters. The molecular formula is C14H16FNO4. The van der Waals surface area contributed by atoms with Crippen molar-refractivity contribution in [3.8, 4) is 0 Å². The van der Waals surface area contributed by atoms with Crippen LogP contribution in [0, 0.1) is 12.7 Å². The first-order chi connectivity index (χ1) is 9.39. The van der Waals surface area contributed by atoms with Crippen LogP contribution in [-0.2, 0) is 14.4 Å². The van der Waals surface area contributed by atoms with Gasteiger partial charge < -0.3 is 14.7 Å². The first-order valence-corrected chi connectivity index (χ1v) is 6.18. The molecule has 2 rings (SSSR count). The van der Waals surface area contributed by atoms with E-state index in [1.165, 1.54) is 26.2 Å². The van der Waals surface area contributed by atoms with Crippen molar-refractivity contribution >= 4 is 11.7 Å². The number of halogens is 1. The van der Waals surface area contributed by atoms with Crippen LogP contribution in [0.4, 0.5) is 4.39 Å². The Hall–Kier alpha value is -1.95. The Kier molecular flexibility index (Phi) is 3.76. The van der Waals surface area contributed by atoms with Crippen LogP contribution in [0.3, 0.4) is 0 Å². The summed E-state index contributed by atoms with van der Waals surface area (Å²) in [6, 6.07) is 4.44. The lowest BCUT2D eigenvalue weighted by Gasteiger charge is -2.26. The van der Waals surface area contributed by atoms with Crippen LogP contribution in [0.5, 0.6) is 0 Å². The van der Waals surface area contributed by atoms with Gasteiger partial charge in [-0.1, -0.05) is 5.16 Å². The third-order valence-electron chi connectivity index (χ3n) is 3.33. The van der Waals surface area contributed by atoms with Crippen LogP contribution < -0.4 is 0 Å². The number of ether oxygens (including phenoxy) is 1. The van der Waals surface area contributed by atoms with Crippen molar-refractivity contribution in [3.63, 3.8) is 0 Å². The number of aliphatic hydroxyl groups is 1. The number of rotatable bonds is 3. The smallest absolute Gasteiger partial charge is 0.356 e. The lowest BCUT2D eigenvalue weighted by molar-refractivity contribution is -0.179. The maximum absolute atomic E-state index is 13.4. The highest BCUT2D eigenvalue weighted by Gasteiger charge is 2.52. The first-order valence-electron chi connectivity index (χ1n) is 6.18. The molecule has 1 aromatic carbocycles. The third kappa shape index (κ3) is 2.38. The Morgan fingerprint density at radius 3 is 2.80 bits per heavy atom. The minimum Gasteiger partial charge on any atom is -0.466 e. The van der Waals surface area contributed by atoms with Gasteiger partial charge in [0.05, 0.1) is 19.2 Å². The number of aliphatic hydroxyl groups excluding tert-OH is 1. The third-order valence-corrected chi connectivity index (χ3v) is 3.33. The highest BCUT2D eigenvalue weighted by atomic mass is 19.1. The van der Waals surface area contributed by atoms with Crippen molar-refractivity contribution < 1.29 is 23.9 Å². The lowest BCUT2D eigenvalue weighted by atomic mass is 9.89. The molecule has 0 spiro atoms. The van der Waals surface area contributed by atoms with E-state index in [1.54, 1.807) is 13.0 Å². The summed E-state index contributed by atoms with van der Waals surface area (Å²) in [6.07, 6.45) is -1.08. The van der Waals surface area contributed by atoms with E-state index in [9.17, 15) is 14.3 Å². The zero-order chi connectivity index (χ0) is 14.9. The van der Waals surface area contributed by atoms with Crippen LogP contribution >= 0.6 is 0 Å². The molecule has 0 aromatic heterocycles. The van der Waals surface area contributed by atoms with Crippen LogP contribution in [0.2, 0.25) is 0 Å². The fourth-order valence-electron chi connectivity index (χ4n) is 2.18. The standard InChI is InChI=1S/C14H16FNO4/c1-8-4-10(6-11(15)5-8)12-7-14(9(2)17,20-16-12)13(18)19-3/h4-6,9,17H,7H2,1-3H3. The number of aryl methyl sites for hydroxylation is 1. The molecule has 1 aliphatic rings. The number of oxime groups is 1. The van der Waals surface area contributed by atoms with Crippen molar-refractivity contribution in [1.82, 2.24) is 0 Å². The highest BCUT2D eigenvalue weighted by Crippen LogP contribution is 2.31. The molecule has 0 saturated heterocycles. The van der Waals surface area contributed by atoms with Gasteiger partial charge in [0.1, 0.15) is 11.9 Å². The maximum Gasteiger partial charge on any atom is 0.356 e. The Labute approximate surface area is 116 Å².